The molecule has 3 rings (SSSR count). The van der Waals surface area contributed by atoms with Crippen LogP contribution in [0, 0.1) is 17.8 Å². The SMILES string of the molecule is CCCN(C(=O)C1CC1C1CCCCC1)C1CCNCC1. The average Bonchev–Trinajstić information content (AvgIpc) is 3.34. The van der Waals surface area contributed by atoms with Gasteiger partial charge in [0.2, 0.25) is 5.91 Å². The molecule has 1 aliphatic heterocycles. The van der Waals surface area contributed by atoms with Gasteiger partial charge in [0.05, 0.1) is 0 Å². The van der Waals surface area contributed by atoms with E-state index in [1.807, 2.05) is 0 Å². The Morgan fingerprint density at radius 3 is 2.48 bits per heavy atom. The van der Waals surface area contributed by atoms with E-state index >= 15 is 0 Å². The molecule has 1 heterocycles. The molecule has 2 saturated carbocycles. The molecule has 0 spiro atoms. The number of nitrogens with one attached hydrogen (secondary N) is 1. The molecule has 1 N–H and O–H groups in total. The quantitative estimate of drug-likeness (QED) is 0.844. The van der Waals surface area contributed by atoms with Crippen LogP contribution in [-0.4, -0.2) is 36.5 Å². The van der Waals surface area contributed by atoms with Crippen molar-refractivity contribution < 1.29 is 4.79 Å². The molecule has 0 aromatic heterocycles. The van der Waals surface area contributed by atoms with Gasteiger partial charge in [0.1, 0.15) is 0 Å². The molecule has 1 saturated heterocycles. The predicted molar refractivity (Wildman–Crippen MR) is 86.1 cm³/mol. The lowest BCUT2D eigenvalue weighted by atomic mass is 9.85. The Balaban J connectivity index is 1.56. The second-order valence-electron chi connectivity index (χ2n) is 7.42. The van der Waals surface area contributed by atoms with Crippen LogP contribution in [0.1, 0.15) is 64.7 Å². The lowest BCUT2D eigenvalue weighted by Crippen LogP contribution is -2.47. The molecule has 2 aliphatic carbocycles. The summed E-state index contributed by atoms with van der Waals surface area (Å²) in [5.74, 6) is 2.48. The average molecular weight is 292 g/mol. The zero-order chi connectivity index (χ0) is 14.7. The lowest BCUT2D eigenvalue weighted by Gasteiger charge is -2.35. The van der Waals surface area contributed by atoms with Crippen LogP contribution in [-0.2, 0) is 4.79 Å². The monoisotopic (exact) mass is 292 g/mol. The van der Waals surface area contributed by atoms with Gasteiger partial charge >= 0.3 is 0 Å². The fourth-order valence-corrected chi connectivity index (χ4v) is 4.63. The van der Waals surface area contributed by atoms with Crippen molar-refractivity contribution in [3.63, 3.8) is 0 Å². The zero-order valence-corrected chi connectivity index (χ0v) is 13.7. The summed E-state index contributed by atoms with van der Waals surface area (Å²) in [5.41, 5.74) is 0. The van der Waals surface area contributed by atoms with Gasteiger partial charge < -0.3 is 10.2 Å². The molecular formula is C18H32N2O. The van der Waals surface area contributed by atoms with E-state index in [0.717, 1.165) is 50.7 Å². The van der Waals surface area contributed by atoms with Crippen LogP contribution >= 0.6 is 0 Å². The summed E-state index contributed by atoms with van der Waals surface area (Å²) in [5, 5.41) is 3.42. The molecule has 1 amide bonds. The van der Waals surface area contributed by atoms with Gasteiger partial charge in [0.15, 0.2) is 0 Å². The molecule has 2 unspecified atom stereocenters. The van der Waals surface area contributed by atoms with Crippen LogP contribution in [0.5, 0.6) is 0 Å². The highest BCUT2D eigenvalue weighted by atomic mass is 16.2. The first-order chi connectivity index (χ1) is 10.3. The van der Waals surface area contributed by atoms with Gasteiger partial charge in [-0.2, -0.15) is 0 Å². The van der Waals surface area contributed by atoms with E-state index in [1.54, 1.807) is 0 Å². The molecule has 3 heteroatoms. The molecule has 21 heavy (non-hydrogen) atoms. The minimum atomic E-state index is 0.384. The van der Waals surface area contributed by atoms with Crippen LogP contribution in [0.3, 0.4) is 0 Å². The molecule has 0 radical (unpaired) electrons. The lowest BCUT2D eigenvalue weighted by molar-refractivity contribution is -0.136. The number of carbonyl (C=O) groups excluding carboxylic acids is 1. The van der Waals surface area contributed by atoms with Crippen molar-refractivity contribution in [3.8, 4) is 0 Å². The number of carbonyl (C=O) groups is 1. The van der Waals surface area contributed by atoms with E-state index in [1.165, 1.54) is 38.5 Å². The normalized spacial score (nSPS) is 31.1. The standard InChI is InChI=1S/C18H32N2O/c1-2-12-20(15-8-10-19-11-9-15)18(21)17-13-16(17)14-6-4-3-5-7-14/h14-17,19H,2-13H2,1H3. The zero-order valence-electron chi connectivity index (χ0n) is 13.7. The minimum absolute atomic E-state index is 0.384. The van der Waals surface area contributed by atoms with Crippen molar-refractivity contribution in [1.82, 2.24) is 10.2 Å². The van der Waals surface area contributed by atoms with Crippen molar-refractivity contribution in [2.24, 2.45) is 17.8 Å². The van der Waals surface area contributed by atoms with Crippen molar-refractivity contribution in [2.75, 3.05) is 19.6 Å². The predicted octanol–water partition coefficient (Wildman–Crippen LogP) is 3.19. The Labute approximate surface area is 129 Å². The highest BCUT2D eigenvalue weighted by Gasteiger charge is 2.49. The third-order valence-electron chi connectivity index (χ3n) is 5.91. The maximum Gasteiger partial charge on any atom is 0.226 e. The van der Waals surface area contributed by atoms with Gasteiger partial charge in [0.25, 0.3) is 0 Å². The number of hydrogen-bond donors (Lipinski definition) is 1. The fraction of sp³-hybridized carbons (Fsp3) is 0.944. The maximum atomic E-state index is 13.0. The molecule has 2 atom stereocenters. The Morgan fingerprint density at radius 2 is 1.81 bits per heavy atom. The summed E-state index contributed by atoms with van der Waals surface area (Å²) >= 11 is 0. The highest BCUT2D eigenvalue weighted by Crippen LogP contribution is 2.50. The van der Waals surface area contributed by atoms with Crippen LogP contribution in [0.2, 0.25) is 0 Å². The molecule has 0 aromatic rings. The Bertz CT molecular complexity index is 345. The molecule has 3 nitrogen and oxygen atoms in total. The summed E-state index contributed by atoms with van der Waals surface area (Å²) in [7, 11) is 0. The van der Waals surface area contributed by atoms with Gasteiger partial charge in [-0.15, -0.1) is 0 Å². The first-order valence-electron chi connectivity index (χ1n) is 9.32. The van der Waals surface area contributed by atoms with Crippen molar-refractivity contribution in [3.05, 3.63) is 0 Å². The van der Waals surface area contributed by atoms with Gasteiger partial charge in [-0.05, 0) is 50.6 Å². The largest absolute Gasteiger partial charge is 0.339 e. The molecule has 120 valence electrons. The van der Waals surface area contributed by atoms with E-state index in [0.29, 0.717) is 17.9 Å². The number of rotatable bonds is 5. The topological polar surface area (TPSA) is 32.3 Å². The molecular weight excluding hydrogens is 260 g/mol. The van der Waals surface area contributed by atoms with E-state index in [4.69, 9.17) is 0 Å². The number of piperidine rings is 1. The highest BCUT2D eigenvalue weighted by molar-refractivity contribution is 5.82. The summed E-state index contributed by atoms with van der Waals surface area (Å²) in [4.78, 5) is 15.2. The molecule has 0 bridgehead atoms. The first-order valence-corrected chi connectivity index (χ1v) is 9.32. The fourth-order valence-electron chi connectivity index (χ4n) is 4.63. The van der Waals surface area contributed by atoms with Crippen LogP contribution in [0.25, 0.3) is 0 Å². The minimum Gasteiger partial charge on any atom is -0.339 e. The summed E-state index contributed by atoms with van der Waals surface area (Å²) in [6, 6.07) is 0.506. The second-order valence-corrected chi connectivity index (χ2v) is 7.42. The van der Waals surface area contributed by atoms with E-state index in [-0.39, 0.29) is 0 Å². The van der Waals surface area contributed by atoms with Crippen molar-refractivity contribution in [1.29, 1.82) is 0 Å². The van der Waals surface area contributed by atoms with E-state index in [2.05, 4.69) is 17.1 Å². The summed E-state index contributed by atoms with van der Waals surface area (Å²) < 4.78 is 0. The van der Waals surface area contributed by atoms with Crippen molar-refractivity contribution in [2.45, 2.75) is 70.8 Å². The number of amides is 1. The van der Waals surface area contributed by atoms with Crippen molar-refractivity contribution >= 4 is 5.91 Å². The smallest absolute Gasteiger partial charge is 0.226 e. The van der Waals surface area contributed by atoms with Gasteiger partial charge in [-0.3, -0.25) is 4.79 Å². The Kier molecular flexibility index (Phi) is 5.20. The Hall–Kier alpha value is -0.570. The van der Waals surface area contributed by atoms with Gasteiger partial charge in [-0.1, -0.05) is 39.0 Å². The van der Waals surface area contributed by atoms with Crippen LogP contribution in [0.4, 0.5) is 0 Å². The van der Waals surface area contributed by atoms with Crippen LogP contribution in [0.15, 0.2) is 0 Å². The number of hydrogen-bond acceptors (Lipinski definition) is 2. The van der Waals surface area contributed by atoms with Gasteiger partial charge in [0, 0.05) is 18.5 Å². The molecule has 3 fully saturated rings. The maximum absolute atomic E-state index is 13.0. The second kappa shape index (κ2) is 7.13. The summed E-state index contributed by atoms with van der Waals surface area (Å²) in [6.07, 6.45) is 11.6. The van der Waals surface area contributed by atoms with E-state index < -0.39 is 0 Å². The van der Waals surface area contributed by atoms with Crippen LogP contribution < -0.4 is 5.32 Å². The van der Waals surface area contributed by atoms with E-state index in [9.17, 15) is 4.79 Å². The summed E-state index contributed by atoms with van der Waals surface area (Å²) in [6.45, 7) is 5.33. The molecule has 0 aromatic carbocycles. The third-order valence-corrected chi connectivity index (χ3v) is 5.91. The molecule has 3 aliphatic rings. The van der Waals surface area contributed by atoms with Gasteiger partial charge in [-0.25, -0.2) is 0 Å². The third kappa shape index (κ3) is 3.61. The Morgan fingerprint density at radius 1 is 1.10 bits per heavy atom. The number of nitrogens with zero attached hydrogens (tertiary/aromatic N) is 1. The first kappa shape index (κ1) is 15.3.